The third kappa shape index (κ3) is 7.30. The number of hydrogen-bond donors (Lipinski definition) is 2. The van der Waals surface area contributed by atoms with Crippen LogP contribution in [0.2, 0.25) is 0 Å². The van der Waals surface area contributed by atoms with Crippen LogP contribution in [0.4, 0.5) is 16.2 Å². The van der Waals surface area contributed by atoms with Crippen LogP contribution in [0.5, 0.6) is 0 Å². The first kappa shape index (κ1) is 23.7. The van der Waals surface area contributed by atoms with Crippen molar-refractivity contribution in [3.05, 3.63) is 23.8 Å². The number of morpholine rings is 1. The molecule has 3 rings (SSSR count). The number of aryl methyl sites for hydroxylation is 1. The van der Waals surface area contributed by atoms with Gasteiger partial charge >= 0.3 is 6.09 Å². The standard InChI is InChI=1S/C25H41N3O3/c1-17-13-22(28-15-18(2)30-19(3)16-28)11-12-23(17)26-14-20-7-9-21(10-8-20)27-24(29)31-25(4,5)6/h11-13,18-21,26H,7-10,14-16H2,1-6H3,(H,27,29)/t18-,19-,20?,21?/m1/s1. The van der Waals surface area contributed by atoms with E-state index < -0.39 is 5.60 Å². The first-order valence-electron chi connectivity index (χ1n) is 11.8. The maximum Gasteiger partial charge on any atom is 0.407 e. The molecule has 1 aliphatic heterocycles. The van der Waals surface area contributed by atoms with Gasteiger partial charge in [-0.05, 0) is 96.9 Å². The summed E-state index contributed by atoms with van der Waals surface area (Å²) in [6, 6.07) is 6.95. The lowest BCUT2D eigenvalue weighted by Gasteiger charge is -2.37. The average Bonchev–Trinajstić information content (AvgIpc) is 2.66. The topological polar surface area (TPSA) is 62.8 Å². The zero-order valence-electron chi connectivity index (χ0n) is 20.2. The predicted octanol–water partition coefficient (Wildman–Crippen LogP) is 5.10. The van der Waals surface area contributed by atoms with Crippen molar-refractivity contribution < 1.29 is 14.3 Å². The van der Waals surface area contributed by atoms with Gasteiger partial charge in [0, 0.05) is 37.1 Å². The van der Waals surface area contributed by atoms with Gasteiger partial charge in [-0.15, -0.1) is 0 Å². The Balaban J connectivity index is 1.44. The first-order chi connectivity index (χ1) is 14.6. The van der Waals surface area contributed by atoms with Gasteiger partial charge < -0.3 is 25.0 Å². The zero-order valence-corrected chi connectivity index (χ0v) is 20.2. The number of benzene rings is 1. The number of nitrogens with zero attached hydrogens (tertiary/aromatic N) is 1. The molecule has 1 aromatic rings. The number of ether oxygens (including phenoxy) is 2. The second kappa shape index (κ2) is 10.1. The Morgan fingerprint density at radius 1 is 1.13 bits per heavy atom. The highest BCUT2D eigenvalue weighted by molar-refractivity contribution is 5.68. The lowest BCUT2D eigenvalue weighted by atomic mass is 9.86. The minimum atomic E-state index is -0.448. The second-order valence-corrected chi connectivity index (χ2v) is 10.4. The van der Waals surface area contributed by atoms with E-state index in [9.17, 15) is 4.79 Å². The van der Waals surface area contributed by atoms with E-state index in [0.29, 0.717) is 5.92 Å². The molecule has 2 aliphatic rings. The Hall–Kier alpha value is -1.95. The summed E-state index contributed by atoms with van der Waals surface area (Å²) in [5.41, 5.74) is 3.33. The molecule has 0 spiro atoms. The molecule has 1 aliphatic carbocycles. The third-order valence-corrected chi connectivity index (χ3v) is 6.14. The van der Waals surface area contributed by atoms with Gasteiger partial charge in [0.1, 0.15) is 5.60 Å². The van der Waals surface area contributed by atoms with Crippen LogP contribution in [0.1, 0.15) is 65.9 Å². The average molecular weight is 432 g/mol. The number of carbonyl (C=O) groups is 1. The highest BCUT2D eigenvalue weighted by Crippen LogP contribution is 2.28. The van der Waals surface area contributed by atoms with E-state index in [4.69, 9.17) is 9.47 Å². The van der Waals surface area contributed by atoms with E-state index in [-0.39, 0.29) is 24.3 Å². The molecule has 1 heterocycles. The molecule has 1 saturated carbocycles. The lowest BCUT2D eigenvalue weighted by Crippen LogP contribution is -2.45. The van der Waals surface area contributed by atoms with Gasteiger partial charge in [0.2, 0.25) is 0 Å². The van der Waals surface area contributed by atoms with Crippen LogP contribution in [0.3, 0.4) is 0 Å². The zero-order chi connectivity index (χ0) is 22.6. The highest BCUT2D eigenvalue weighted by Gasteiger charge is 2.25. The largest absolute Gasteiger partial charge is 0.444 e. The summed E-state index contributed by atoms with van der Waals surface area (Å²) in [5, 5.41) is 6.69. The summed E-state index contributed by atoms with van der Waals surface area (Å²) in [6.07, 6.45) is 4.49. The molecule has 2 fully saturated rings. The number of anilines is 2. The molecule has 0 unspecified atom stereocenters. The van der Waals surface area contributed by atoms with E-state index in [0.717, 1.165) is 45.3 Å². The van der Waals surface area contributed by atoms with Crippen LogP contribution < -0.4 is 15.5 Å². The van der Waals surface area contributed by atoms with Crippen molar-refractivity contribution in [1.29, 1.82) is 0 Å². The smallest absolute Gasteiger partial charge is 0.407 e. The Bertz CT molecular complexity index is 728. The first-order valence-corrected chi connectivity index (χ1v) is 11.8. The molecular formula is C25H41N3O3. The fourth-order valence-corrected chi connectivity index (χ4v) is 4.67. The fraction of sp³-hybridized carbons (Fsp3) is 0.720. The number of hydrogen-bond acceptors (Lipinski definition) is 5. The number of rotatable bonds is 5. The maximum absolute atomic E-state index is 12.0. The number of amides is 1. The molecule has 174 valence electrons. The van der Waals surface area contributed by atoms with Crippen molar-refractivity contribution in [3.63, 3.8) is 0 Å². The second-order valence-electron chi connectivity index (χ2n) is 10.4. The molecule has 6 nitrogen and oxygen atoms in total. The van der Waals surface area contributed by atoms with Gasteiger partial charge in [-0.3, -0.25) is 0 Å². The molecule has 1 aromatic carbocycles. The lowest BCUT2D eigenvalue weighted by molar-refractivity contribution is -0.00522. The van der Waals surface area contributed by atoms with Gasteiger partial charge in [0.05, 0.1) is 12.2 Å². The van der Waals surface area contributed by atoms with Crippen molar-refractivity contribution in [2.75, 3.05) is 29.9 Å². The summed E-state index contributed by atoms with van der Waals surface area (Å²) in [4.78, 5) is 14.4. The van der Waals surface area contributed by atoms with E-state index in [2.05, 4.69) is 54.5 Å². The van der Waals surface area contributed by atoms with Crippen LogP contribution in [-0.4, -0.2) is 49.6 Å². The molecule has 0 aromatic heterocycles. The summed E-state index contributed by atoms with van der Waals surface area (Å²) >= 11 is 0. The minimum Gasteiger partial charge on any atom is -0.444 e. The third-order valence-electron chi connectivity index (χ3n) is 6.14. The van der Waals surface area contributed by atoms with E-state index in [1.54, 1.807) is 0 Å². The fourth-order valence-electron chi connectivity index (χ4n) is 4.67. The van der Waals surface area contributed by atoms with E-state index in [1.165, 1.54) is 16.9 Å². The maximum atomic E-state index is 12.0. The van der Waals surface area contributed by atoms with E-state index in [1.807, 2.05) is 20.8 Å². The van der Waals surface area contributed by atoms with Crippen molar-refractivity contribution in [3.8, 4) is 0 Å². The van der Waals surface area contributed by atoms with Crippen molar-refractivity contribution in [2.45, 2.75) is 91.1 Å². The van der Waals surface area contributed by atoms with Gasteiger partial charge in [0.15, 0.2) is 0 Å². The van der Waals surface area contributed by atoms with Gasteiger partial charge in [-0.2, -0.15) is 0 Å². The Labute approximate surface area is 188 Å². The van der Waals surface area contributed by atoms with Crippen LogP contribution in [-0.2, 0) is 9.47 Å². The van der Waals surface area contributed by atoms with Crippen molar-refractivity contribution in [1.82, 2.24) is 5.32 Å². The molecule has 2 N–H and O–H groups in total. The van der Waals surface area contributed by atoms with Crippen molar-refractivity contribution >= 4 is 17.5 Å². The summed E-state index contributed by atoms with van der Waals surface area (Å²) in [6.45, 7) is 15.0. The molecule has 6 heteroatoms. The predicted molar refractivity (Wildman–Crippen MR) is 127 cm³/mol. The molecule has 2 atom stereocenters. The number of alkyl carbamates (subject to hydrolysis) is 1. The monoisotopic (exact) mass is 431 g/mol. The molecule has 0 bridgehead atoms. The normalized spacial score (nSPS) is 27.0. The molecule has 1 saturated heterocycles. The van der Waals surface area contributed by atoms with Crippen LogP contribution in [0.25, 0.3) is 0 Å². The van der Waals surface area contributed by atoms with E-state index >= 15 is 0 Å². The highest BCUT2D eigenvalue weighted by atomic mass is 16.6. The van der Waals surface area contributed by atoms with Gasteiger partial charge in [-0.25, -0.2) is 4.79 Å². The van der Waals surface area contributed by atoms with Gasteiger partial charge in [0.25, 0.3) is 0 Å². The van der Waals surface area contributed by atoms with Crippen LogP contribution >= 0.6 is 0 Å². The number of nitrogens with one attached hydrogen (secondary N) is 2. The van der Waals surface area contributed by atoms with Gasteiger partial charge in [-0.1, -0.05) is 0 Å². The SMILES string of the molecule is Cc1cc(N2C[C@@H](C)O[C@H](C)C2)ccc1NCC1CCC(NC(=O)OC(C)(C)C)CC1. The summed E-state index contributed by atoms with van der Waals surface area (Å²) < 4.78 is 11.2. The van der Waals surface area contributed by atoms with Crippen molar-refractivity contribution in [2.24, 2.45) is 5.92 Å². The summed E-state index contributed by atoms with van der Waals surface area (Å²) in [7, 11) is 0. The molecule has 31 heavy (non-hydrogen) atoms. The molecular weight excluding hydrogens is 390 g/mol. The Kier molecular flexibility index (Phi) is 7.73. The number of carbonyl (C=O) groups excluding carboxylic acids is 1. The van der Waals surface area contributed by atoms with Crippen LogP contribution in [0.15, 0.2) is 18.2 Å². The van der Waals surface area contributed by atoms with Crippen LogP contribution in [0, 0.1) is 12.8 Å². The Morgan fingerprint density at radius 3 is 2.35 bits per heavy atom. The summed E-state index contributed by atoms with van der Waals surface area (Å²) in [5.74, 6) is 0.636. The quantitative estimate of drug-likeness (QED) is 0.679. The minimum absolute atomic E-state index is 0.227. The molecule has 1 amide bonds. The Morgan fingerprint density at radius 2 is 1.77 bits per heavy atom. The molecule has 0 radical (unpaired) electrons.